The van der Waals surface area contributed by atoms with Crippen molar-refractivity contribution in [3.8, 4) is 0 Å². The average molecular weight is 467 g/mol. The van der Waals surface area contributed by atoms with Crippen LogP contribution >= 0.6 is 0 Å². The Morgan fingerprint density at radius 2 is 1.82 bits per heavy atom. The van der Waals surface area contributed by atoms with Gasteiger partial charge in [0.2, 0.25) is 5.78 Å². The smallest absolute Gasteiger partial charge is 0.312 e. The summed E-state index contributed by atoms with van der Waals surface area (Å²) >= 11 is 0. The van der Waals surface area contributed by atoms with E-state index in [9.17, 15) is 14.7 Å². The van der Waals surface area contributed by atoms with Crippen LogP contribution in [0.5, 0.6) is 0 Å². The van der Waals surface area contributed by atoms with E-state index >= 15 is 0 Å². The Kier molecular flexibility index (Phi) is 5.15. The predicted molar refractivity (Wildman–Crippen MR) is 133 cm³/mol. The van der Waals surface area contributed by atoms with Crippen LogP contribution in [0.4, 0.5) is 0 Å². The Morgan fingerprint density at radius 1 is 1.12 bits per heavy atom. The molecule has 8 atom stereocenters. The lowest BCUT2D eigenvalue weighted by molar-refractivity contribution is -0.171. The normalized spacial score (nSPS) is 48.0. The van der Waals surface area contributed by atoms with Gasteiger partial charge in [0.15, 0.2) is 5.76 Å². The van der Waals surface area contributed by atoms with Gasteiger partial charge in [-0.2, -0.15) is 0 Å². The third-order valence-electron chi connectivity index (χ3n) is 12.0. The van der Waals surface area contributed by atoms with Gasteiger partial charge in [0.25, 0.3) is 0 Å². The number of aliphatic hydroxyl groups is 1. The minimum absolute atomic E-state index is 0.0124. The maximum absolute atomic E-state index is 13.3. The van der Waals surface area contributed by atoms with E-state index in [2.05, 4.69) is 40.7 Å². The first-order valence-corrected chi connectivity index (χ1v) is 13.3. The molecule has 0 amide bonds. The van der Waals surface area contributed by atoms with E-state index in [-0.39, 0.29) is 39.7 Å². The first kappa shape index (κ1) is 23.9. The number of allylic oxidation sites excluding steroid dienone is 5. The Labute approximate surface area is 204 Å². The molecule has 0 aromatic carbocycles. The molecule has 3 fully saturated rings. The minimum atomic E-state index is -0.398. The van der Waals surface area contributed by atoms with E-state index in [0.717, 1.165) is 50.5 Å². The molecule has 34 heavy (non-hydrogen) atoms. The minimum Gasteiger partial charge on any atom is -0.504 e. The van der Waals surface area contributed by atoms with Gasteiger partial charge >= 0.3 is 5.97 Å². The van der Waals surface area contributed by atoms with Gasteiger partial charge in [-0.1, -0.05) is 51.8 Å². The summed E-state index contributed by atoms with van der Waals surface area (Å²) in [6.45, 7) is 13.8. The van der Waals surface area contributed by atoms with Gasteiger partial charge in [-0.15, -0.1) is 0 Å². The maximum atomic E-state index is 13.3. The molecule has 5 rings (SSSR count). The first-order valence-electron chi connectivity index (χ1n) is 13.3. The van der Waals surface area contributed by atoms with E-state index in [1.807, 2.05) is 13.0 Å². The second-order valence-corrected chi connectivity index (χ2v) is 12.9. The van der Waals surface area contributed by atoms with Crippen molar-refractivity contribution >= 4 is 11.8 Å². The number of esters is 1. The summed E-state index contributed by atoms with van der Waals surface area (Å²) in [4.78, 5) is 25.9. The zero-order valence-corrected chi connectivity index (χ0v) is 22.1. The summed E-state index contributed by atoms with van der Waals surface area (Å²) in [5, 5.41) is 10.6. The first-order chi connectivity index (χ1) is 15.9. The van der Waals surface area contributed by atoms with Crippen molar-refractivity contribution in [2.75, 3.05) is 7.11 Å². The molecule has 0 radical (unpaired) electrons. The number of fused-ring (bicyclic) bond motifs is 7. The highest BCUT2D eigenvalue weighted by molar-refractivity contribution is 6.08. The molecule has 4 heteroatoms. The molecule has 0 aromatic rings. The van der Waals surface area contributed by atoms with E-state index in [4.69, 9.17) is 4.74 Å². The van der Waals surface area contributed by atoms with Gasteiger partial charge in [0.05, 0.1) is 12.5 Å². The number of Topliss-reactive ketones (excluding diaryl/α,β-unsaturated/α-hetero) is 1. The van der Waals surface area contributed by atoms with Gasteiger partial charge in [-0.3, -0.25) is 9.59 Å². The third kappa shape index (κ3) is 2.66. The molecule has 0 saturated heterocycles. The topological polar surface area (TPSA) is 63.6 Å². The maximum Gasteiger partial charge on any atom is 0.312 e. The number of hydrogen-bond acceptors (Lipinski definition) is 4. The number of rotatable bonds is 1. The highest BCUT2D eigenvalue weighted by Gasteiger charge is 2.67. The van der Waals surface area contributed by atoms with Crippen molar-refractivity contribution in [1.29, 1.82) is 0 Å². The second-order valence-electron chi connectivity index (χ2n) is 12.9. The van der Waals surface area contributed by atoms with E-state index < -0.39 is 5.41 Å². The zero-order valence-electron chi connectivity index (χ0n) is 22.1. The Hall–Kier alpha value is -1.84. The predicted octanol–water partition coefficient (Wildman–Crippen LogP) is 6.72. The average Bonchev–Trinajstić information content (AvgIpc) is 2.79. The Bertz CT molecular complexity index is 1050. The number of methoxy groups -OCH3 is 1. The van der Waals surface area contributed by atoms with Gasteiger partial charge in [-0.25, -0.2) is 0 Å². The highest BCUT2D eigenvalue weighted by atomic mass is 16.5. The monoisotopic (exact) mass is 466 g/mol. The lowest BCUT2D eigenvalue weighted by atomic mass is 9.36. The Morgan fingerprint density at radius 3 is 2.50 bits per heavy atom. The van der Waals surface area contributed by atoms with E-state index in [0.29, 0.717) is 17.8 Å². The molecule has 5 aliphatic rings. The van der Waals surface area contributed by atoms with E-state index in [1.165, 1.54) is 11.1 Å². The molecule has 186 valence electrons. The number of ketones is 1. The van der Waals surface area contributed by atoms with Crippen LogP contribution in [0.2, 0.25) is 0 Å². The lowest BCUT2D eigenvalue weighted by Crippen LogP contribution is -2.62. The summed E-state index contributed by atoms with van der Waals surface area (Å²) in [6, 6.07) is 0. The summed E-state index contributed by atoms with van der Waals surface area (Å²) in [5.41, 5.74) is 2.75. The molecular weight excluding hydrogens is 424 g/mol. The van der Waals surface area contributed by atoms with Crippen LogP contribution in [-0.2, 0) is 14.3 Å². The number of carbonyl (C=O) groups excluding carboxylic acids is 2. The van der Waals surface area contributed by atoms with Crippen LogP contribution < -0.4 is 0 Å². The Balaban J connectivity index is 1.66. The van der Waals surface area contributed by atoms with Crippen LogP contribution in [0, 0.1) is 45.3 Å². The van der Waals surface area contributed by atoms with Crippen LogP contribution in [0.25, 0.3) is 0 Å². The molecule has 0 bridgehead atoms. The van der Waals surface area contributed by atoms with Crippen molar-refractivity contribution in [3.05, 3.63) is 34.6 Å². The number of ether oxygens (including phenoxy) is 1. The van der Waals surface area contributed by atoms with Crippen molar-refractivity contribution in [2.45, 2.75) is 86.5 Å². The second kappa shape index (κ2) is 7.34. The summed E-state index contributed by atoms with van der Waals surface area (Å²) in [7, 11) is 1.55. The van der Waals surface area contributed by atoms with Gasteiger partial charge in [0, 0.05) is 11.0 Å². The van der Waals surface area contributed by atoms with Crippen molar-refractivity contribution < 1.29 is 19.4 Å². The largest absolute Gasteiger partial charge is 0.504 e. The fraction of sp³-hybridized carbons (Fsp3) is 0.733. The van der Waals surface area contributed by atoms with Gasteiger partial charge in [0.1, 0.15) is 0 Å². The fourth-order valence-electron chi connectivity index (χ4n) is 9.63. The van der Waals surface area contributed by atoms with Gasteiger partial charge < -0.3 is 9.84 Å². The fourth-order valence-corrected chi connectivity index (χ4v) is 9.63. The summed E-state index contributed by atoms with van der Waals surface area (Å²) in [6.07, 6.45) is 11.1. The molecule has 3 saturated carbocycles. The summed E-state index contributed by atoms with van der Waals surface area (Å²) < 4.78 is 5.46. The third-order valence-corrected chi connectivity index (χ3v) is 12.0. The molecule has 0 aliphatic heterocycles. The van der Waals surface area contributed by atoms with Crippen LogP contribution in [0.3, 0.4) is 0 Å². The molecule has 0 spiro atoms. The molecule has 0 aromatic heterocycles. The number of carbonyl (C=O) groups is 2. The van der Waals surface area contributed by atoms with Crippen LogP contribution in [0.15, 0.2) is 34.6 Å². The molecule has 0 unspecified atom stereocenters. The molecule has 1 N–H and O–H groups in total. The zero-order chi connectivity index (χ0) is 24.8. The molecular formula is C30H42O4. The van der Waals surface area contributed by atoms with Gasteiger partial charge in [-0.05, 0) is 92.4 Å². The summed E-state index contributed by atoms with van der Waals surface area (Å²) in [5.74, 6) is 1.25. The standard InChI is InChI=1S/C30H42O4/c1-17-10-13-30(26(33)34-7)15-14-28(5)21(24(30)18(17)2)8-9-23-27(4)16-22(31)25(32)19(3)20(27)11-12-29(23,28)6/h8,16-18,23-24,31H,9-15H2,1-7H3/t17-,18+,23-,24+,27+,28-,29-,30+/m1/s1. The SMILES string of the molecule is COC(=O)[C@]12CC[C@@H](C)[C@H](C)[C@H]1C1=CC[C@@H]3[C@@]4(C)C=C(O)C(=O)C(C)=C4CC[C@@]3(C)[C@]1(C)CC2. The molecule has 4 nitrogen and oxygen atoms in total. The number of hydrogen-bond donors (Lipinski definition) is 1. The van der Waals surface area contributed by atoms with Crippen molar-refractivity contribution in [2.24, 2.45) is 45.3 Å². The molecule has 0 heterocycles. The molecule has 5 aliphatic carbocycles. The lowest BCUT2D eigenvalue weighted by Gasteiger charge is -2.68. The van der Waals surface area contributed by atoms with Crippen molar-refractivity contribution in [3.63, 3.8) is 0 Å². The van der Waals surface area contributed by atoms with Crippen molar-refractivity contribution in [1.82, 2.24) is 0 Å². The highest BCUT2D eigenvalue weighted by Crippen LogP contribution is 2.74. The quantitative estimate of drug-likeness (QED) is 0.344. The number of aliphatic hydroxyl groups excluding tert-OH is 1. The van der Waals surface area contributed by atoms with E-state index in [1.54, 1.807) is 7.11 Å². The van der Waals surface area contributed by atoms with Crippen LogP contribution in [-0.4, -0.2) is 24.0 Å². The van der Waals surface area contributed by atoms with Crippen LogP contribution in [0.1, 0.15) is 86.5 Å².